The van der Waals surface area contributed by atoms with Gasteiger partial charge in [0.25, 0.3) is 0 Å². The summed E-state index contributed by atoms with van der Waals surface area (Å²) in [5.41, 5.74) is 2.59. The Hall–Kier alpha value is -3.34. The maximum atomic E-state index is 5.61. The summed E-state index contributed by atoms with van der Waals surface area (Å²) in [4.78, 5) is 17.1. The summed E-state index contributed by atoms with van der Waals surface area (Å²) in [5, 5.41) is 0.968. The molecule has 3 heterocycles. The van der Waals surface area contributed by atoms with Crippen molar-refractivity contribution in [1.82, 2.24) is 19.9 Å². The monoisotopic (exact) mass is 300 g/mol. The second-order valence-corrected chi connectivity index (χ2v) is 4.90. The van der Waals surface area contributed by atoms with Crippen LogP contribution >= 0.6 is 0 Å². The average molecular weight is 300 g/mol. The van der Waals surface area contributed by atoms with Gasteiger partial charge in [-0.2, -0.15) is 0 Å². The molecule has 0 N–H and O–H groups in total. The lowest BCUT2D eigenvalue weighted by Crippen LogP contribution is -1.93. The van der Waals surface area contributed by atoms with Crippen molar-refractivity contribution in [3.8, 4) is 22.9 Å². The van der Waals surface area contributed by atoms with E-state index < -0.39 is 0 Å². The molecule has 0 atom stereocenters. The van der Waals surface area contributed by atoms with Gasteiger partial charge in [0.2, 0.25) is 0 Å². The van der Waals surface area contributed by atoms with Crippen LogP contribution in [0, 0.1) is 0 Å². The van der Waals surface area contributed by atoms with E-state index in [0.29, 0.717) is 17.4 Å². The van der Waals surface area contributed by atoms with E-state index in [1.165, 1.54) is 0 Å². The van der Waals surface area contributed by atoms with Gasteiger partial charge in [-0.25, -0.2) is 19.9 Å². The molecule has 0 bridgehead atoms. The molecule has 3 aromatic heterocycles. The molecule has 0 aliphatic heterocycles. The summed E-state index contributed by atoms with van der Waals surface area (Å²) in [5.74, 6) is 0.707. The number of para-hydroxylation sites is 1. The minimum atomic E-state index is 0.316. The lowest BCUT2D eigenvalue weighted by Gasteiger charge is -2.06. The summed E-state index contributed by atoms with van der Waals surface area (Å²) in [7, 11) is 0. The predicted molar refractivity (Wildman–Crippen MR) is 87.1 cm³/mol. The number of ether oxygens (including phenoxy) is 1. The minimum absolute atomic E-state index is 0.316. The maximum absolute atomic E-state index is 5.61. The Kier molecular flexibility index (Phi) is 3.37. The van der Waals surface area contributed by atoms with Crippen molar-refractivity contribution in [2.75, 3.05) is 0 Å². The normalized spacial score (nSPS) is 10.6. The quantitative estimate of drug-likeness (QED) is 0.574. The highest BCUT2D eigenvalue weighted by molar-refractivity contribution is 5.91. The van der Waals surface area contributed by atoms with Crippen LogP contribution in [0.1, 0.15) is 0 Å². The third-order valence-electron chi connectivity index (χ3n) is 3.41. The highest BCUT2D eigenvalue weighted by Crippen LogP contribution is 2.26. The van der Waals surface area contributed by atoms with E-state index in [9.17, 15) is 0 Å². The fourth-order valence-electron chi connectivity index (χ4n) is 2.34. The van der Waals surface area contributed by atoms with Gasteiger partial charge in [-0.1, -0.05) is 18.2 Å². The van der Waals surface area contributed by atoms with E-state index in [1.807, 2.05) is 48.5 Å². The van der Waals surface area contributed by atoms with Crippen LogP contribution in [0.3, 0.4) is 0 Å². The third kappa shape index (κ3) is 2.72. The molecule has 0 aliphatic rings. The topological polar surface area (TPSA) is 60.8 Å². The van der Waals surface area contributed by atoms with Gasteiger partial charge in [0.1, 0.15) is 5.75 Å². The summed E-state index contributed by atoms with van der Waals surface area (Å²) < 4.78 is 5.61. The van der Waals surface area contributed by atoms with Gasteiger partial charge in [0.15, 0.2) is 5.65 Å². The largest absolute Gasteiger partial charge is 0.424 e. The van der Waals surface area contributed by atoms with Crippen LogP contribution in [0.15, 0.2) is 73.3 Å². The Morgan fingerprint density at radius 1 is 0.696 bits per heavy atom. The fraction of sp³-hybridized carbons (Fsp3) is 0. The molecule has 0 unspecified atom stereocenters. The number of aromatic nitrogens is 4. The van der Waals surface area contributed by atoms with Gasteiger partial charge in [-0.15, -0.1) is 0 Å². The Morgan fingerprint density at radius 3 is 2.30 bits per heavy atom. The van der Waals surface area contributed by atoms with Crippen LogP contribution < -0.4 is 4.74 Å². The number of nitrogens with zero attached hydrogens (tertiary/aromatic N) is 4. The number of hydrogen-bond donors (Lipinski definition) is 0. The standard InChI is InChI=1S/C18H12N4O/c1-2-5-14(6-3-1)23-18-21-11-13(12-22-18)15-8-10-20-17-16(15)7-4-9-19-17/h1-12H. The molecule has 4 aromatic rings. The molecule has 0 spiro atoms. The van der Waals surface area contributed by atoms with Gasteiger partial charge in [0.05, 0.1) is 0 Å². The van der Waals surface area contributed by atoms with Gasteiger partial charge in [0, 0.05) is 35.7 Å². The van der Waals surface area contributed by atoms with Gasteiger partial charge < -0.3 is 4.74 Å². The van der Waals surface area contributed by atoms with Gasteiger partial charge in [-0.05, 0) is 35.9 Å². The van der Waals surface area contributed by atoms with Crippen LogP contribution in [-0.4, -0.2) is 19.9 Å². The number of hydrogen-bond acceptors (Lipinski definition) is 5. The molecule has 4 rings (SSSR count). The van der Waals surface area contributed by atoms with Crippen LogP contribution in [0.2, 0.25) is 0 Å². The van der Waals surface area contributed by atoms with E-state index >= 15 is 0 Å². The molecule has 110 valence electrons. The zero-order valence-corrected chi connectivity index (χ0v) is 12.1. The first-order valence-corrected chi connectivity index (χ1v) is 7.15. The Morgan fingerprint density at radius 2 is 1.48 bits per heavy atom. The molecule has 5 nitrogen and oxygen atoms in total. The number of benzene rings is 1. The maximum Gasteiger partial charge on any atom is 0.321 e. The molecule has 0 radical (unpaired) electrons. The minimum Gasteiger partial charge on any atom is -0.424 e. The summed E-state index contributed by atoms with van der Waals surface area (Å²) in [6.07, 6.45) is 6.95. The summed E-state index contributed by atoms with van der Waals surface area (Å²) >= 11 is 0. The van der Waals surface area contributed by atoms with Crippen LogP contribution in [0.4, 0.5) is 0 Å². The zero-order valence-electron chi connectivity index (χ0n) is 12.1. The van der Waals surface area contributed by atoms with Crippen molar-refractivity contribution < 1.29 is 4.74 Å². The van der Waals surface area contributed by atoms with E-state index in [2.05, 4.69) is 19.9 Å². The zero-order chi connectivity index (χ0) is 15.5. The van der Waals surface area contributed by atoms with Crippen molar-refractivity contribution in [2.45, 2.75) is 0 Å². The third-order valence-corrected chi connectivity index (χ3v) is 3.41. The predicted octanol–water partition coefficient (Wildman–Crippen LogP) is 3.88. The lowest BCUT2D eigenvalue weighted by atomic mass is 10.1. The number of rotatable bonds is 3. The van der Waals surface area contributed by atoms with Gasteiger partial charge in [-0.3, -0.25) is 0 Å². The highest BCUT2D eigenvalue weighted by atomic mass is 16.5. The van der Waals surface area contributed by atoms with Crippen molar-refractivity contribution in [3.63, 3.8) is 0 Å². The van der Waals surface area contributed by atoms with Crippen LogP contribution in [0.25, 0.3) is 22.2 Å². The van der Waals surface area contributed by atoms with Crippen molar-refractivity contribution in [1.29, 1.82) is 0 Å². The van der Waals surface area contributed by atoms with Crippen molar-refractivity contribution >= 4 is 11.0 Å². The molecule has 0 saturated heterocycles. The Balaban J connectivity index is 1.68. The first-order chi connectivity index (χ1) is 11.4. The number of fused-ring (bicyclic) bond motifs is 1. The highest BCUT2D eigenvalue weighted by Gasteiger charge is 2.07. The molecular formula is C18H12N4O. The second kappa shape index (κ2) is 5.81. The summed E-state index contributed by atoms with van der Waals surface area (Å²) in [6.45, 7) is 0. The van der Waals surface area contributed by atoms with Crippen molar-refractivity contribution in [2.24, 2.45) is 0 Å². The van der Waals surface area contributed by atoms with E-state index in [0.717, 1.165) is 16.5 Å². The molecule has 0 aliphatic carbocycles. The van der Waals surface area contributed by atoms with Crippen LogP contribution in [-0.2, 0) is 0 Å². The average Bonchev–Trinajstić information content (AvgIpc) is 2.63. The smallest absolute Gasteiger partial charge is 0.321 e. The summed E-state index contributed by atoms with van der Waals surface area (Å²) in [6, 6.07) is 15.6. The molecule has 0 fully saturated rings. The first-order valence-electron chi connectivity index (χ1n) is 7.15. The fourth-order valence-corrected chi connectivity index (χ4v) is 2.34. The van der Waals surface area contributed by atoms with E-state index in [-0.39, 0.29) is 0 Å². The molecule has 1 aromatic carbocycles. The number of pyridine rings is 2. The van der Waals surface area contributed by atoms with E-state index in [4.69, 9.17) is 4.74 Å². The Labute approximate surface area is 132 Å². The Bertz CT molecular complexity index is 934. The second-order valence-electron chi connectivity index (χ2n) is 4.90. The molecule has 5 heteroatoms. The van der Waals surface area contributed by atoms with Crippen LogP contribution in [0.5, 0.6) is 11.8 Å². The SMILES string of the molecule is c1ccc(Oc2ncc(-c3ccnc4ncccc34)cn2)cc1. The molecule has 0 amide bonds. The van der Waals surface area contributed by atoms with E-state index in [1.54, 1.807) is 24.8 Å². The molecule has 0 saturated carbocycles. The lowest BCUT2D eigenvalue weighted by molar-refractivity contribution is 0.442. The van der Waals surface area contributed by atoms with Gasteiger partial charge >= 0.3 is 6.01 Å². The molecule has 23 heavy (non-hydrogen) atoms. The first kappa shape index (κ1) is 13.3. The van der Waals surface area contributed by atoms with Crippen molar-refractivity contribution in [3.05, 3.63) is 73.3 Å². The molecular weight excluding hydrogens is 288 g/mol.